The Hall–Kier alpha value is -1.99. The summed E-state index contributed by atoms with van der Waals surface area (Å²) >= 11 is 0. The normalized spacial score (nSPS) is 12.2. The third-order valence-corrected chi connectivity index (χ3v) is 4.07. The van der Waals surface area contributed by atoms with Crippen LogP contribution in [0.3, 0.4) is 0 Å². The van der Waals surface area contributed by atoms with Crippen molar-refractivity contribution in [1.29, 1.82) is 0 Å². The summed E-state index contributed by atoms with van der Waals surface area (Å²) in [5, 5.41) is 0. The maximum Gasteiger partial charge on any atom is 0.0848 e. The number of rotatable bonds is 10. The van der Waals surface area contributed by atoms with Crippen LogP contribution in [0.1, 0.15) is 52.4 Å². The fourth-order valence-electron chi connectivity index (χ4n) is 2.64. The summed E-state index contributed by atoms with van der Waals surface area (Å²) in [5.74, 6) is 0. The van der Waals surface area contributed by atoms with Crippen molar-refractivity contribution in [3.8, 4) is 0 Å². The second-order valence-electron chi connectivity index (χ2n) is 6.37. The second kappa shape index (κ2) is 14.1. The van der Waals surface area contributed by atoms with E-state index >= 15 is 0 Å². The first-order valence-electron chi connectivity index (χ1n) is 9.76. The van der Waals surface area contributed by atoms with Crippen LogP contribution in [0.2, 0.25) is 0 Å². The van der Waals surface area contributed by atoms with Crippen molar-refractivity contribution in [3.63, 3.8) is 0 Å². The second-order valence-corrected chi connectivity index (χ2v) is 6.37. The molecule has 0 fully saturated rings. The first kappa shape index (κ1) is 23.1. The van der Waals surface area contributed by atoms with Gasteiger partial charge in [-0.15, -0.1) is 0 Å². The molecule has 27 heavy (non-hydrogen) atoms. The molecule has 2 nitrogen and oxygen atoms in total. The third kappa shape index (κ3) is 8.97. The monoisotopic (exact) mass is 404 g/mol. The van der Waals surface area contributed by atoms with E-state index in [9.17, 15) is 0 Å². The average molecular weight is 405 g/mol. The zero-order valence-electron chi connectivity index (χ0n) is 16.4. The molecule has 0 N–H and O–H groups in total. The Morgan fingerprint density at radius 2 is 1.37 bits per heavy atom. The van der Waals surface area contributed by atoms with E-state index in [1.807, 2.05) is 48.5 Å². The molecule has 0 bridgehead atoms. The van der Waals surface area contributed by atoms with Gasteiger partial charge in [-0.05, 0) is 49.6 Å². The van der Waals surface area contributed by atoms with E-state index in [-0.39, 0.29) is 16.5 Å². The molecule has 0 atom stereocenters. The zero-order valence-corrected chi connectivity index (χ0v) is 17.4. The maximum atomic E-state index is 4.94. The van der Waals surface area contributed by atoms with Crippen LogP contribution in [-0.4, -0.2) is 11.4 Å². The van der Waals surface area contributed by atoms with Crippen molar-refractivity contribution in [2.45, 2.75) is 52.4 Å². The minimum absolute atomic E-state index is 0. The third-order valence-electron chi connectivity index (χ3n) is 4.07. The molecule has 0 saturated heterocycles. The summed E-state index contributed by atoms with van der Waals surface area (Å²) in [6, 6.07) is 20.3. The Labute approximate surface area is 174 Å². The standard InChI is InChI=1S/C24H30N2.Ni/c1-3-5-9-19-23(25-21-15-11-7-12-16-21)24(20-10-6-4-2)26-22-17-13-8-14-18-22;/h7-9,11-19H,3-6,10,20H2,1-2H3;. The van der Waals surface area contributed by atoms with Crippen molar-refractivity contribution in [3.05, 3.63) is 72.8 Å². The average Bonchev–Trinajstić information content (AvgIpc) is 2.68. The molecule has 2 aromatic rings. The summed E-state index contributed by atoms with van der Waals surface area (Å²) < 4.78 is 0. The van der Waals surface area contributed by atoms with Gasteiger partial charge in [-0.2, -0.15) is 0 Å². The molecule has 0 aliphatic carbocycles. The number of aliphatic imine (C=N–C) groups is 2. The number of allylic oxidation sites excluding steroid dienone is 2. The van der Waals surface area contributed by atoms with E-state index in [2.05, 4.69) is 38.1 Å². The Bertz CT molecular complexity index is 719. The van der Waals surface area contributed by atoms with Gasteiger partial charge in [0.2, 0.25) is 0 Å². The molecule has 2 rings (SSSR count). The van der Waals surface area contributed by atoms with Crippen molar-refractivity contribution in [2.75, 3.05) is 0 Å². The van der Waals surface area contributed by atoms with Crippen molar-refractivity contribution in [2.24, 2.45) is 9.98 Å². The Morgan fingerprint density at radius 3 is 1.93 bits per heavy atom. The van der Waals surface area contributed by atoms with Gasteiger partial charge >= 0.3 is 0 Å². The fourth-order valence-corrected chi connectivity index (χ4v) is 2.64. The Kier molecular flexibility index (Phi) is 12.1. The van der Waals surface area contributed by atoms with E-state index in [1.165, 1.54) is 12.8 Å². The number of benzene rings is 2. The predicted molar refractivity (Wildman–Crippen MR) is 115 cm³/mol. The molecule has 0 spiro atoms. The minimum Gasteiger partial charge on any atom is -0.251 e. The van der Waals surface area contributed by atoms with Gasteiger partial charge in [-0.25, -0.2) is 4.99 Å². The molecule has 2 aromatic carbocycles. The quantitative estimate of drug-likeness (QED) is 0.223. The van der Waals surface area contributed by atoms with E-state index < -0.39 is 0 Å². The van der Waals surface area contributed by atoms with Crippen LogP contribution in [0, 0.1) is 0 Å². The molecule has 0 heterocycles. The Balaban J connectivity index is 0.00000364. The summed E-state index contributed by atoms with van der Waals surface area (Å²) in [5.41, 5.74) is 4.01. The van der Waals surface area contributed by atoms with E-state index in [0.717, 1.165) is 48.5 Å². The number of nitrogens with zero attached hydrogens (tertiary/aromatic N) is 2. The van der Waals surface area contributed by atoms with Crippen molar-refractivity contribution in [1.82, 2.24) is 0 Å². The molecular formula is C24H30N2Ni. The SMILES string of the molecule is CCCC=CC(=Nc1ccccc1)C(CCCCC)=Nc1ccccc1.[Ni]. The maximum absolute atomic E-state index is 4.94. The smallest absolute Gasteiger partial charge is 0.0848 e. The van der Waals surface area contributed by atoms with Gasteiger partial charge in [0, 0.05) is 16.5 Å². The fraction of sp³-hybridized carbons (Fsp3) is 0.333. The van der Waals surface area contributed by atoms with Crippen LogP contribution in [0.4, 0.5) is 11.4 Å². The summed E-state index contributed by atoms with van der Waals surface area (Å²) in [6.07, 6.45) is 11.0. The van der Waals surface area contributed by atoms with Gasteiger partial charge in [-0.3, -0.25) is 4.99 Å². The first-order valence-corrected chi connectivity index (χ1v) is 9.76. The van der Waals surface area contributed by atoms with Gasteiger partial charge < -0.3 is 0 Å². The molecule has 0 aromatic heterocycles. The molecule has 0 saturated carbocycles. The van der Waals surface area contributed by atoms with Gasteiger partial charge in [0.25, 0.3) is 0 Å². The largest absolute Gasteiger partial charge is 0.251 e. The van der Waals surface area contributed by atoms with E-state index in [1.54, 1.807) is 0 Å². The topological polar surface area (TPSA) is 24.7 Å². The van der Waals surface area contributed by atoms with E-state index in [4.69, 9.17) is 9.98 Å². The molecule has 0 unspecified atom stereocenters. The van der Waals surface area contributed by atoms with Gasteiger partial charge in [0.15, 0.2) is 0 Å². The van der Waals surface area contributed by atoms with Crippen LogP contribution in [0.25, 0.3) is 0 Å². The van der Waals surface area contributed by atoms with E-state index in [0.29, 0.717) is 0 Å². The molecule has 146 valence electrons. The molecule has 0 aliphatic heterocycles. The summed E-state index contributed by atoms with van der Waals surface area (Å²) in [4.78, 5) is 9.84. The Morgan fingerprint density at radius 1 is 0.778 bits per heavy atom. The molecule has 0 amide bonds. The minimum atomic E-state index is 0. The number of unbranched alkanes of at least 4 members (excludes halogenated alkanes) is 3. The van der Waals surface area contributed by atoms with Gasteiger partial charge in [0.05, 0.1) is 22.8 Å². The molecule has 3 heteroatoms. The van der Waals surface area contributed by atoms with Crippen molar-refractivity contribution >= 4 is 22.8 Å². The van der Waals surface area contributed by atoms with Crippen LogP contribution in [-0.2, 0) is 16.5 Å². The summed E-state index contributed by atoms with van der Waals surface area (Å²) in [7, 11) is 0. The first-order chi connectivity index (χ1) is 12.8. The van der Waals surface area contributed by atoms with Crippen LogP contribution in [0.15, 0.2) is 82.8 Å². The van der Waals surface area contributed by atoms with Crippen LogP contribution in [0.5, 0.6) is 0 Å². The number of para-hydroxylation sites is 2. The molecule has 0 aliphatic rings. The number of hydrogen-bond donors (Lipinski definition) is 0. The molecular weight excluding hydrogens is 375 g/mol. The van der Waals surface area contributed by atoms with Crippen LogP contribution < -0.4 is 0 Å². The van der Waals surface area contributed by atoms with Gasteiger partial charge in [-0.1, -0.05) is 75.6 Å². The number of hydrogen-bond acceptors (Lipinski definition) is 2. The predicted octanol–water partition coefficient (Wildman–Crippen LogP) is 7.47. The molecule has 0 radical (unpaired) electrons. The summed E-state index contributed by atoms with van der Waals surface area (Å²) in [6.45, 7) is 4.42. The van der Waals surface area contributed by atoms with Crippen molar-refractivity contribution < 1.29 is 16.5 Å². The van der Waals surface area contributed by atoms with Gasteiger partial charge in [0.1, 0.15) is 0 Å². The zero-order chi connectivity index (χ0) is 18.5. The van der Waals surface area contributed by atoms with Crippen LogP contribution >= 0.6 is 0 Å².